The summed E-state index contributed by atoms with van der Waals surface area (Å²) in [5.41, 5.74) is 1.52. The fourth-order valence-corrected chi connectivity index (χ4v) is 4.73. The Morgan fingerprint density at radius 3 is 2.77 bits per heavy atom. The Labute approximate surface area is 157 Å². The molecule has 0 bridgehead atoms. The fourth-order valence-electron chi connectivity index (χ4n) is 2.85. The van der Waals surface area contributed by atoms with Crippen LogP contribution in [0.5, 0.6) is 0 Å². The summed E-state index contributed by atoms with van der Waals surface area (Å²) in [6.45, 7) is 0.499. The van der Waals surface area contributed by atoms with E-state index in [0.717, 1.165) is 5.56 Å². The van der Waals surface area contributed by atoms with Gasteiger partial charge in [-0.15, -0.1) is 0 Å². The first kappa shape index (κ1) is 18.7. The number of carbonyl (C=O) groups excluding carboxylic acids is 1. The van der Waals surface area contributed by atoms with E-state index in [0.29, 0.717) is 35.8 Å². The zero-order valence-electron chi connectivity index (χ0n) is 14.1. The molecule has 0 radical (unpaired) electrons. The molecule has 1 aromatic heterocycles. The van der Waals surface area contributed by atoms with Crippen LogP contribution in [0.15, 0.2) is 42.6 Å². The monoisotopic (exact) mass is 393 g/mol. The van der Waals surface area contributed by atoms with Gasteiger partial charge >= 0.3 is 0 Å². The van der Waals surface area contributed by atoms with Crippen LogP contribution in [-0.2, 0) is 16.3 Å². The molecule has 0 aliphatic carbocycles. The maximum absolute atomic E-state index is 12.2. The van der Waals surface area contributed by atoms with Gasteiger partial charge in [0, 0.05) is 23.8 Å². The molecule has 3 rings (SSSR count). The van der Waals surface area contributed by atoms with Gasteiger partial charge in [0.25, 0.3) is 5.91 Å². The van der Waals surface area contributed by atoms with Crippen LogP contribution >= 0.6 is 11.6 Å². The van der Waals surface area contributed by atoms with E-state index in [9.17, 15) is 13.2 Å². The van der Waals surface area contributed by atoms with Crippen molar-refractivity contribution in [3.63, 3.8) is 0 Å². The van der Waals surface area contributed by atoms with Crippen LogP contribution in [0.4, 0.5) is 5.82 Å². The van der Waals surface area contributed by atoms with Gasteiger partial charge in [-0.25, -0.2) is 13.4 Å². The lowest BCUT2D eigenvalue weighted by atomic mass is 10.1. The van der Waals surface area contributed by atoms with Crippen LogP contribution in [0.2, 0.25) is 5.02 Å². The maximum atomic E-state index is 12.2. The van der Waals surface area contributed by atoms with Crippen LogP contribution in [0.3, 0.4) is 0 Å². The predicted molar refractivity (Wildman–Crippen MR) is 102 cm³/mol. The van der Waals surface area contributed by atoms with Gasteiger partial charge in [-0.05, 0) is 42.7 Å². The summed E-state index contributed by atoms with van der Waals surface area (Å²) in [7, 11) is -2.94. The highest BCUT2D eigenvalue weighted by Crippen LogP contribution is 2.16. The number of sulfone groups is 1. The van der Waals surface area contributed by atoms with E-state index in [2.05, 4.69) is 15.6 Å². The lowest BCUT2D eigenvalue weighted by Crippen LogP contribution is -2.26. The highest BCUT2D eigenvalue weighted by atomic mass is 35.5. The zero-order valence-corrected chi connectivity index (χ0v) is 15.7. The minimum Gasteiger partial charge on any atom is -0.366 e. The van der Waals surface area contributed by atoms with Crippen LogP contribution in [-0.4, -0.2) is 43.4 Å². The van der Waals surface area contributed by atoms with Crippen molar-refractivity contribution in [1.82, 2.24) is 10.3 Å². The second kappa shape index (κ2) is 8.05. The van der Waals surface area contributed by atoms with E-state index in [1.54, 1.807) is 12.1 Å². The van der Waals surface area contributed by atoms with Gasteiger partial charge in [0.2, 0.25) is 0 Å². The number of halogens is 1. The van der Waals surface area contributed by atoms with Crippen molar-refractivity contribution >= 4 is 33.2 Å². The summed E-state index contributed by atoms with van der Waals surface area (Å²) in [4.78, 5) is 16.4. The van der Waals surface area contributed by atoms with Crippen molar-refractivity contribution in [1.29, 1.82) is 0 Å². The van der Waals surface area contributed by atoms with Gasteiger partial charge in [-0.2, -0.15) is 0 Å². The van der Waals surface area contributed by atoms with Gasteiger partial charge in [0.05, 0.1) is 17.1 Å². The highest BCUT2D eigenvalue weighted by molar-refractivity contribution is 7.91. The number of aromatic nitrogens is 1. The molecule has 1 amide bonds. The number of amides is 1. The second-order valence-corrected chi connectivity index (χ2v) is 8.98. The summed E-state index contributed by atoms with van der Waals surface area (Å²) in [5, 5.41) is 6.62. The van der Waals surface area contributed by atoms with Crippen LogP contribution in [0.1, 0.15) is 22.3 Å². The summed E-state index contributed by atoms with van der Waals surface area (Å²) in [6.07, 6.45) is 2.76. The summed E-state index contributed by atoms with van der Waals surface area (Å²) in [5.74, 6) is 0.704. The summed E-state index contributed by atoms with van der Waals surface area (Å²) in [6, 6.07) is 10.8. The average Bonchev–Trinajstić information content (AvgIpc) is 2.94. The fraction of sp³-hybridized carbons (Fsp3) is 0.333. The van der Waals surface area contributed by atoms with Gasteiger partial charge in [-0.1, -0.05) is 23.7 Å². The van der Waals surface area contributed by atoms with Gasteiger partial charge in [-0.3, -0.25) is 4.79 Å². The normalized spacial score (nSPS) is 18.4. The minimum absolute atomic E-state index is 0.120. The third-order valence-corrected chi connectivity index (χ3v) is 6.20. The molecule has 2 aromatic rings. The third-order valence-electron chi connectivity index (χ3n) is 4.20. The van der Waals surface area contributed by atoms with Crippen LogP contribution in [0.25, 0.3) is 0 Å². The Morgan fingerprint density at radius 2 is 2.12 bits per heavy atom. The molecule has 1 unspecified atom stereocenters. The number of benzene rings is 1. The lowest BCUT2D eigenvalue weighted by molar-refractivity contribution is 0.0954. The number of anilines is 1. The van der Waals surface area contributed by atoms with E-state index >= 15 is 0 Å². The average molecular weight is 394 g/mol. The van der Waals surface area contributed by atoms with Crippen molar-refractivity contribution in [2.75, 3.05) is 23.4 Å². The van der Waals surface area contributed by atoms with Gasteiger partial charge in [0.15, 0.2) is 9.84 Å². The van der Waals surface area contributed by atoms with E-state index in [4.69, 9.17) is 11.6 Å². The first-order chi connectivity index (χ1) is 12.4. The largest absolute Gasteiger partial charge is 0.366 e. The Kier molecular flexibility index (Phi) is 5.78. The number of nitrogens with zero attached hydrogens (tertiary/aromatic N) is 1. The van der Waals surface area contributed by atoms with E-state index in [-0.39, 0.29) is 23.5 Å². The number of hydrogen-bond donors (Lipinski definition) is 2. The molecule has 8 heteroatoms. The molecule has 26 heavy (non-hydrogen) atoms. The molecule has 2 N–H and O–H groups in total. The molecule has 1 aromatic carbocycles. The quantitative estimate of drug-likeness (QED) is 0.786. The first-order valence-electron chi connectivity index (χ1n) is 8.37. The number of hydrogen-bond acceptors (Lipinski definition) is 5. The van der Waals surface area contributed by atoms with Crippen LogP contribution < -0.4 is 10.6 Å². The molecule has 1 atom stereocenters. The number of nitrogens with one attached hydrogen (secondary N) is 2. The molecular weight excluding hydrogens is 374 g/mol. The van der Waals surface area contributed by atoms with Gasteiger partial charge < -0.3 is 10.6 Å². The van der Waals surface area contributed by atoms with Crippen molar-refractivity contribution in [3.8, 4) is 0 Å². The Hall–Kier alpha value is -2.12. The van der Waals surface area contributed by atoms with Crippen molar-refractivity contribution in [2.24, 2.45) is 0 Å². The molecule has 1 aliphatic rings. The number of rotatable bonds is 6. The molecule has 0 saturated carbocycles. The van der Waals surface area contributed by atoms with E-state index in [1.807, 2.05) is 24.3 Å². The smallest absolute Gasteiger partial charge is 0.252 e. The van der Waals surface area contributed by atoms with Crippen molar-refractivity contribution in [3.05, 3.63) is 58.7 Å². The Bertz CT molecular complexity index is 885. The second-order valence-electron chi connectivity index (χ2n) is 6.31. The van der Waals surface area contributed by atoms with E-state index < -0.39 is 9.84 Å². The molecule has 0 spiro atoms. The van der Waals surface area contributed by atoms with Gasteiger partial charge in [0.1, 0.15) is 5.82 Å². The SMILES string of the molecule is O=C(NCCc1cccc(Cl)c1)c1ccc(NC2CCS(=O)(=O)C2)nc1. The molecule has 2 heterocycles. The minimum atomic E-state index is -2.94. The predicted octanol–water partition coefficient (Wildman–Crippen LogP) is 2.31. The van der Waals surface area contributed by atoms with E-state index in [1.165, 1.54) is 6.20 Å². The topological polar surface area (TPSA) is 88.2 Å². The van der Waals surface area contributed by atoms with Crippen molar-refractivity contribution < 1.29 is 13.2 Å². The zero-order chi connectivity index (χ0) is 18.6. The first-order valence-corrected chi connectivity index (χ1v) is 10.6. The van der Waals surface area contributed by atoms with Crippen molar-refractivity contribution in [2.45, 2.75) is 18.9 Å². The summed E-state index contributed by atoms with van der Waals surface area (Å²) >= 11 is 5.94. The molecule has 1 aliphatic heterocycles. The van der Waals surface area contributed by atoms with Crippen LogP contribution in [0, 0.1) is 0 Å². The Morgan fingerprint density at radius 1 is 1.27 bits per heavy atom. The number of carbonyl (C=O) groups is 1. The molecule has 1 saturated heterocycles. The third kappa shape index (κ3) is 5.19. The highest BCUT2D eigenvalue weighted by Gasteiger charge is 2.27. The standard InChI is InChI=1S/C18H20ClN3O3S/c19-15-3-1-2-13(10-15)6-8-20-18(23)14-4-5-17(21-11-14)22-16-7-9-26(24,25)12-16/h1-5,10-11,16H,6-9,12H2,(H,20,23)(H,21,22). The lowest BCUT2D eigenvalue weighted by Gasteiger charge is -2.11. The maximum Gasteiger partial charge on any atom is 0.252 e. The number of pyridine rings is 1. The summed E-state index contributed by atoms with van der Waals surface area (Å²) < 4.78 is 23.0. The molecule has 1 fully saturated rings. The molecule has 138 valence electrons. The molecule has 6 nitrogen and oxygen atoms in total. The molecular formula is C18H20ClN3O3S. The Balaban J connectivity index is 1.49.